The molecule has 0 spiro atoms. The van der Waals surface area contributed by atoms with E-state index in [0.717, 1.165) is 24.8 Å². The molecule has 2 aromatic carbocycles. The Kier molecular flexibility index (Phi) is 6.55. The number of halogens is 1. The number of benzene rings is 2. The number of piperidine rings is 2. The number of rotatable bonds is 3. The summed E-state index contributed by atoms with van der Waals surface area (Å²) in [6.07, 6.45) is 2.52. The average Bonchev–Trinajstić information content (AvgIpc) is 2.86. The number of nitrogens with one attached hydrogen (secondary N) is 1. The Morgan fingerprint density at radius 1 is 0.971 bits per heavy atom. The molecule has 0 bridgehead atoms. The minimum atomic E-state index is -0.227. The number of hydrogen-bond acceptors (Lipinski definition) is 3. The lowest BCUT2D eigenvalue weighted by Crippen LogP contribution is -2.62. The van der Waals surface area contributed by atoms with E-state index in [2.05, 4.69) is 36.5 Å². The molecular weight excluding hydrogens is 433 g/mol. The van der Waals surface area contributed by atoms with E-state index in [1.165, 1.54) is 23.3 Å². The second-order valence-corrected chi connectivity index (χ2v) is 9.81. The number of fused-ring (bicyclic) bond motifs is 1. The second kappa shape index (κ2) is 9.74. The molecule has 3 saturated heterocycles. The van der Waals surface area contributed by atoms with Gasteiger partial charge in [0, 0.05) is 32.1 Å². The number of likely N-dealkylation sites (tertiary alicyclic amines) is 2. The first-order valence-corrected chi connectivity index (χ1v) is 12.2. The zero-order valence-electron chi connectivity index (χ0n) is 19.6. The van der Waals surface area contributed by atoms with Crippen LogP contribution in [0, 0.1) is 18.7 Å². The first-order chi connectivity index (χ1) is 16.5. The van der Waals surface area contributed by atoms with Crippen LogP contribution in [0.5, 0.6) is 0 Å². The standard InChI is InChI=1S/C27H32FN3O3/c1-18-2-4-19(5-3-18)26(20-6-8-22(28)9-7-20)21-10-13-30(14-11-21)27(33)31-15-12-24-23(16-31)29-25(32)17-34-24/h2-9,21,23-24,26H,10-17H2,1H3,(H,29,32)/t23-,24+,26-/m1/s1. The summed E-state index contributed by atoms with van der Waals surface area (Å²) in [5.41, 5.74) is 3.56. The molecule has 0 radical (unpaired) electrons. The number of carbonyl (C=O) groups excluding carboxylic acids is 2. The van der Waals surface area contributed by atoms with Crippen molar-refractivity contribution < 1.29 is 18.7 Å². The lowest BCUT2D eigenvalue weighted by Gasteiger charge is -2.44. The van der Waals surface area contributed by atoms with Crippen molar-refractivity contribution in [1.29, 1.82) is 0 Å². The summed E-state index contributed by atoms with van der Waals surface area (Å²) in [5, 5.41) is 2.97. The van der Waals surface area contributed by atoms with Gasteiger partial charge in [-0.25, -0.2) is 9.18 Å². The van der Waals surface area contributed by atoms with E-state index >= 15 is 0 Å². The maximum absolute atomic E-state index is 13.6. The molecule has 7 heteroatoms. The Bertz CT molecular complexity index is 973. The van der Waals surface area contributed by atoms with Gasteiger partial charge in [0.1, 0.15) is 12.4 Å². The molecule has 0 aliphatic carbocycles. The number of morpholine rings is 1. The maximum Gasteiger partial charge on any atom is 0.320 e. The third-order valence-corrected chi connectivity index (χ3v) is 7.54. The Balaban J connectivity index is 1.26. The molecule has 3 heterocycles. The summed E-state index contributed by atoms with van der Waals surface area (Å²) >= 11 is 0. The normalized spacial score (nSPS) is 24.4. The molecule has 3 aliphatic heterocycles. The van der Waals surface area contributed by atoms with Gasteiger partial charge in [0.25, 0.3) is 0 Å². The van der Waals surface area contributed by atoms with Crippen molar-refractivity contribution in [3.05, 3.63) is 71.0 Å². The highest BCUT2D eigenvalue weighted by Gasteiger charge is 2.38. The maximum atomic E-state index is 13.6. The molecule has 3 fully saturated rings. The predicted molar refractivity (Wildman–Crippen MR) is 127 cm³/mol. The molecule has 34 heavy (non-hydrogen) atoms. The molecule has 3 atom stereocenters. The summed E-state index contributed by atoms with van der Waals surface area (Å²) in [6.45, 7) is 4.72. The smallest absolute Gasteiger partial charge is 0.320 e. The lowest BCUT2D eigenvalue weighted by molar-refractivity contribution is -0.139. The van der Waals surface area contributed by atoms with Crippen LogP contribution >= 0.6 is 0 Å². The van der Waals surface area contributed by atoms with E-state index in [4.69, 9.17) is 4.74 Å². The SMILES string of the molecule is Cc1ccc([C@H](c2ccc(F)cc2)C2CCN(C(=O)N3CC[C@@H]4OCC(=O)N[C@@H]4C3)CC2)cc1. The minimum Gasteiger partial charge on any atom is -0.366 e. The van der Waals surface area contributed by atoms with Gasteiger partial charge in [-0.2, -0.15) is 0 Å². The van der Waals surface area contributed by atoms with Crippen LogP contribution in [-0.4, -0.2) is 66.7 Å². The Morgan fingerprint density at radius 2 is 1.59 bits per heavy atom. The number of urea groups is 1. The molecule has 3 aliphatic rings. The van der Waals surface area contributed by atoms with Gasteiger partial charge in [-0.05, 0) is 55.4 Å². The molecule has 1 N–H and O–H groups in total. The summed E-state index contributed by atoms with van der Waals surface area (Å²) in [4.78, 5) is 28.8. The fraction of sp³-hybridized carbons (Fsp3) is 0.481. The molecule has 180 valence electrons. The van der Waals surface area contributed by atoms with Crippen LogP contribution in [-0.2, 0) is 9.53 Å². The van der Waals surface area contributed by atoms with Gasteiger partial charge in [0.05, 0.1) is 12.1 Å². The van der Waals surface area contributed by atoms with Crippen LogP contribution in [0.1, 0.15) is 41.9 Å². The number of aryl methyl sites for hydroxylation is 1. The van der Waals surface area contributed by atoms with Gasteiger partial charge in [-0.3, -0.25) is 4.79 Å². The summed E-state index contributed by atoms with van der Waals surface area (Å²) < 4.78 is 19.2. The topological polar surface area (TPSA) is 61.9 Å². The molecule has 3 amide bonds. The molecular formula is C27H32FN3O3. The highest BCUT2D eigenvalue weighted by atomic mass is 19.1. The molecule has 0 aromatic heterocycles. The lowest BCUT2D eigenvalue weighted by atomic mass is 9.76. The van der Waals surface area contributed by atoms with Crippen LogP contribution in [0.2, 0.25) is 0 Å². The summed E-state index contributed by atoms with van der Waals surface area (Å²) in [6, 6.07) is 15.4. The van der Waals surface area contributed by atoms with Gasteiger partial charge in [0.2, 0.25) is 5.91 Å². The Hall–Kier alpha value is -2.93. The van der Waals surface area contributed by atoms with E-state index < -0.39 is 0 Å². The van der Waals surface area contributed by atoms with Gasteiger partial charge in [0.15, 0.2) is 0 Å². The second-order valence-electron chi connectivity index (χ2n) is 9.81. The van der Waals surface area contributed by atoms with Crippen LogP contribution in [0.3, 0.4) is 0 Å². The third kappa shape index (κ3) is 4.80. The van der Waals surface area contributed by atoms with Crippen molar-refractivity contribution >= 4 is 11.9 Å². The molecule has 2 aromatic rings. The van der Waals surface area contributed by atoms with Crippen LogP contribution in [0.25, 0.3) is 0 Å². The van der Waals surface area contributed by atoms with Crippen molar-refractivity contribution in [2.75, 3.05) is 32.8 Å². The number of carbonyl (C=O) groups is 2. The van der Waals surface area contributed by atoms with Crippen LogP contribution in [0.4, 0.5) is 9.18 Å². The van der Waals surface area contributed by atoms with Gasteiger partial charge < -0.3 is 19.9 Å². The fourth-order valence-corrected chi connectivity index (χ4v) is 5.68. The first kappa shape index (κ1) is 22.8. The highest BCUT2D eigenvalue weighted by Crippen LogP contribution is 2.38. The Labute approximate surface area is 200 Å². The van der Waals surface area contributed by atoms with E-state index in [0.29, 0.717) is 32.1 Å². The minimum absolute atomic E-state index is 0.00142. The number of nitrogens with zero attached hydrogens (tertiary/aromatic N) is 2. The van der Waals surface area contributed by atoms with Crippen molar-refractivity contribution in [1.82, 2.24) is 15.1 Å². The molecule has 0 unspecified atom stereocenters. The number of ether oxygens (including phenoxy) is 1. The summed E-state index contributed by atoms with van der Waals surface area (Å²) in [5.74, 6) is 0.201. The molecule has 5 rings (SSSR count). The van der Waals surface area contributed by atoms with Gasteiger partial charge in [-0.15, -0.1) is 0 Å². The highest BCUT2D eigenvalue weighted by molar-refractivity contribution is 5.79. The monoisotopic (exact) mass is 465 g/mol. The first-order valence-electron chi connectivity index (χ1n) is 12.2. The summed E-state index contributed by atoms with van der Waals surface area (Å²) in [7, 11) is 0. The number of hydrogen-bond donors (Lipinski definition) is 1. The predicted octanol–water partition coefficient (Wildman–Crippen LogP) is 3.69. The molecule has 0 saturated carbocycles. The van der Waals surface area contributed by atoms with E-state index in [1.807, 2.05) is 21.9 Å². The largest absolute Gasteiger partial charge is 0.366 e. The van der Waals surface area contributed by atoms with Crippen molar-refractivity contribution in [2.45, 2.75) is 44.2 Å². The van der Waals surface area contributed by atoms with Crippen LogP contribution in [0.15, 0.2) is 48.5 Å². The van der Waals surface area contributed by atoms with Gasteiger partial charge >= 0.3 is 6.03 Å². The Morgan fingerprint density at radius 3 is 2.26 bits per heavy atom. The van der Waals surface area contributed by atoms with Crippen molar-refractivity contribution in [2.24, 2.45) is 5.92 Å². The number of amides is 3. The zero-order valence-corrected chi connectivity index (χ0v) is 19.6. The van der Waals surface area contributed by atoms with Crippen molar-refractivity contribution in [3.8, 4) is 0 Å². The van der Waals surface area contributed by atoms with E-state index in [9.17, 15) is 14.0 Å². The van der Waals surface area contributed by atoms with E-state index in [1.54, 1.807) is 0 Å². The molecule has 6 nitrogen and oxygen atoms in total. The van der Waals surface area contributed by atoms with Crippen LogP contribution < -0.4 is 5.32 Å². The average molecular weight is 466 g/mol. The van der Waals surface area contributed by atoms with E-state index in [-0.39, 0.29) is 42.4 Å². The quantitative estimate of drug-likeness (QED) is 0.752. The third-order valence-electron chi connectivity index (χ3n) is 7.54. The fourth-order valence-electron chi connectivity index (χ4n) is 5.68. The van der Waals surface area contributed by atoms with Crippen molar-refractivity contribution in [3.63, 3.8) is 0 Å². The zero-order chi connectivity index (χ0) is 23.7. The van der Waals surface area contributed by atoms with Gasteiger partial charge in [-0.1, -0.05) is 42.0 Å².